The number of rotatable bonds is 12. The molecule has 38 heavy (non-hydrogen) atoms. The predicted octanol–water partition coefficient (Wildman–Crippen LogP) is 1.15. The number of carbonyl (C=O) groups excluding carboxylic acids is 4. The van der Waals surface area contributed by atoms with Gasteiger partial charge in [0.25, 0.3) is 0 Å². The summed E-state index contributed by atoms with van der Waals surface area (Å²) in [4.78, 5) is 71.8. The third kappa shape index (κ3) is 8.05. The molecule has 12 heteroatoms. The summed E-state index contributed by atoms with van der Waals surface area (Å²) in [5.74, 6) is -6.64. The molecule has 0 radical (unpaired) electrons. The zero-order valence-corrected chi connectivity index (χ0v) is 20.1. The molecule has 1 fully saturated rings. The van der Waals surface area contributed by atoms with Gasteiger partial charge in [0.1, 0.15) is 12.1 Å². The van der Waals surface area contributed by atoms with Gasteiger partial charge in [-0.15, -0.1) is 0 Å². The molecule has 0 bridgehead atoms. The maximum Gasteiger partial charge on any atom is 0.345 e. The molecule has 0 aromatic heterocycles. The molecule has 3 rings (SSSR count). The Morgan fingerprint density at radius 1 is 0.658 bits per heavy atom. The molecular formula is C26H26N2O10. The van der Waals surface area contributed by atoms with E-state index in [-0.39, 0.29) is 11.1 Å². The van der Waals surface area contributed by atoms with Crippen LogP contribution in [0.1, 0.15) is 46.4 Å². The van der Waals surface area contributed by atoms with Crippen molar-refractivity contribution < 1.29 is 48.5 Å². The first-order valence-electron chi connectivity index (χ1n) is 11.7. The summed E-state index contributed by atoms with van der Waals surface area (Å²) in [6, 6.07) is 11.6. The van der Waals surface area contributed by atoms with E-state index in [1.165, 1.54) is 24.3 Å². The van der Waals surface area contributed by atoms with Gasteiger partial charge in [0.15, 0.2) is 0 Å². The highest BCUT2D eigenvalue weighted by molar-refractivity contribution is 5.98. The monoisotopic (exact) mass is 526 g/mol. The van der Waals surface area contributed by atoms with E-state index >= 15 is 0 Å². The van der Waals surface area contributed by atoms with Crippen LogP contribution in [-0.4, -0.2) is 70.2 Å². The van der Waals surface area contributed by atoms with E-state index in [1.807, 2.05) is 0 Å². The van der Waals surface area contributed by atoms with E-state index in [9.17, 15) is 39.0 Å². The van der Waals surface area contributed by atoms with Gasteiger partial charge in [-0.25, -0.2) is 9.59 Å². The summed E-state index contributed by atoms with van der Waals surface area (Å²) in [6.45, 7) is 0. The third-order valence-electron chi connectivity index (χ3n) is 5.87. The molecule has 12 nitrogen and oxygen atoms in total. The van der Waals surface area contributed by atoms with Gasteiger partial charge < -0.3 is 19.7 Å². The topological polar surface area (TPSA) is 185 Å². The van der Waals surface area contributed by atoms with Crippen molar-refractivity contribution in [2.45, 2.75) is 49.9 Å². The van der Waals surface area contributed by atoms with Gasteiger partial charge in [-0.2, -0.15) is 0 Å². The SMILES string of the molecule is O=C(CC(NC1CCC1NC(CC(=O)OC(=O)c1ccccc1)C(=O)O)C(=O)O)OC(=O)c1ccccc1. The van der Waals surface area contributed by atoms with Crippen LogP contribution >= 0.6 is 0 Å². The van der Waals surface area contributed by atoms with Crippen molar-refractivity contribution in [3.63, 3.8) is 0 Å². The Hall–Kier alpha value is -4.42. The fourth-order valence-corrected chi connectivity index (χ4v) is 3.74. The summed E-state index contributed by atoms with van der Waals surface area (Å²) in [5.41, 5.74) is 0.264. The molecule has 4 atom stereocenters. The standard InChI is InChI=1S/C26H26N2O10/c29-21(37-25(35)15-7-3-1-4-8-15)13-19(23(31)32)27-17-11-12-18(17)28-20(24(33)34)14-22(30)38-26(36)16-9-5-2-6-10-16/h1-10,17-20,27-28H,11-14H2,(H,31,32)(H,33,34). The highest BCUT2D eigenvalue weighted by Crippen LogP contribution is 2.22. The van der Waals surface area contributed by atoms with Crippen LogP contribution in [0, 0.1) is 0 Å². The highest BCUT2D eigenvalue weighted by atomic mass is 16.6. The van der Waals surface area contributed by atoms with Crippen molar-refractivity contribution in [2.24, 2.45) is 0 Å². The van der Waals surface area contributed by atoms with Crippen LogP contribution < -0.4 is 10.6 Å². The van der Waals surface area contributed by atoms with Gasteiger partial charge in [-0.3, -0.25) is 29.8 Å². The zero-order valence-electron chi connectivity index (χ0n) is 20.1. The fourth-order valence-electron chi connectivity index (χ4n) is 3.74. The van der Waals surface area contributed by atoms with E-state index in [1.54, 1.807) is 36.4 Å². The Kier molecular flexibility index (Phi) is 9.79. The molecule has 4 unspecified atom stereocenters. The van der Waals surface area contributed by atoms with E-state index < -0.39 is 72.8 Å². The molecule has 200 valence electrons. The van der Waals surface area contributed by atoms with E-state index in [0.29, 0.717) is 12.8 Å². The molecule has 0 spiro atoms. The number of benzene rings is 2. The molecule has 2 aromatic carbocycles. The van der Waals surface area contributed by atoms with Crippen molar-refractivity contribution in [1.82, 2.24) is 10.6 Å². The van der Waals surface area contributed by atoms with Crippen LogP contribution in [0.5, 0.6) is 0 Å². The summed E-state index contributed by atoms with van der Waals surface area (Å²) in [7, 11) is 0. The first-order valence-corrected chi connectivity index (χ1v) is 11.7. The van der Waals surface area contributed by atoms with E-state index in [0.717, 1.165) is 0 Å². The second-order valence-corrected chi connectivity index (χ2v) is 8.57. The van der Waals surface area contributed by atoms with Crippen LogP contribution in [-0.2, 0) is 28.7 Å². The van der Waals surface area contributed by atoms with Crippen LogP contribution in [0.25, 0.3) is 0 Å². The Bertz CT molecular complexity index is 1090. The average molecular weight is 526 g/mol. The molecule has 0 saturated heterocycles. The number of carboxylic acid groups (broad SMARTS) is 2. The van der Waals surface area contributed by atoms with E-state index in [2.05, 4.69) is 10.6 Å². The Labute approximate surface area is 216 Å². The molecule has 1 saturated carbocycles. The summed E-state index contributed by atoms with van der Waals surface area (Å²) < 4.78 is 9.45. The van der Waals surface area contributed by atoms with Crippen molar-refractivity contribution in [3.05, 3.63) is 71.8 Å². The second-order valence-electron chi connectivity index (χ2n) is 8.57. The van der Waals surface area contributed by atoms with E-state index in [4.69, 9.17) is 9.47 Å². The van der Waals surface area contributed by atoms with Crippen molar-refractivity contribution in [2.75, 3.05) is 0 Å². The summed E-state index contributed by atoms with van der Waals surface area (Å²) in [6.07, 6.45) is -0.369. The normalized spacial score (nSPS) is 17.8. The fraction of sp³-hybridized carbons (Fsp3) is 0.308. The molecule has 0 aliphatic heterocycles. The molecular weight excluding hydrogens is 500 g/mol. The summed E-state index contributed by atoms with van der Waals surface area (Å²) >= 11 is 0. The lowest BCUT2D eigenvalue weighted by Gasteiger charge is -2.40. The minimum absolute atomic E-state index is 0.132. The van der Waals surface area contributed by atoms with Crippen LogP contribution in [0.3, 0.4) is 0 Å². The van der Waals surface area contributed by atoms with Crippen LogP contribution in [0.15, 0.2) is 60.7 Å². The van der Waals surface area contributed by atoms with Crippen molar-refractivity contribution in [3.8, 4) is 0 Å². The maximum atomic E-state index is 12.2. The van der Waals surface area contributed by atoms with Gasteiger partial charge in [-0.1, -0.05) is 36.4 Å². The lowest BCUT2D eigenvalue weighted by molar-refractivity contribution is -0.147. The molecule has 2 aromatic rings. The number of hydrogen-bond acceptors (Lipinski definition) is 10. The number of nitrogens with one attached hydrogen (secondary N) is 2. The Morgan fingerprint density at radius 2 is 1.00 bits per heavy atom. The van der Waals surface area contributed by atoms with Crippen LogP contribution in [0.2, 0.25) is 0 Å². The van der Waals surface area contributed by atoms with Crippen molar-refractivity contribution in [1.29, 1.82) is 0 Å². The first-order chi connectivity index (χ1) is 18.1. The molecule has 4 N–H and O–H groups in total. The maximum absolute atomic E-state index is 12.2. The Balaban J connectivity index is 1.52. The minimum atomic E-state index is -1.41. The highest BCUT2D eigenvalue weighted by Gasteiger charge is 2.38. The minimum Gasteiger partial charge on any atom is -0.480 e. The average Bonchev–Trinajstić information content (AvgIpc) is 2.88. The molecule has 0 heterocycles. The number of esters is 4. The molecule has 1 aliphatic rings. The number of carboxylic acids is 2. The molecule has 1 aliphatic carbocycles. The van der Waals surface area contributed by atoms with Gasteiger partial charge in [0.2, 0.25) is 0 Å². The van der Waals surface area contributed by atoms with Gasteiger partial charge in [-0.05, 0) is 37.1 Å². The van der Waals surface area contributed by atoms with Gasteiger partial charge in [0.05, 0.1) is 24.0 Å². The number of hydrogen-bond donors (Lipinski definition) is 4. The first kappa shape index (κ1) is 28.2. The van der Waals surface area contributed by atoms with Crippen LogP contribution in [0.4, 0.5) is 0 Å². The zero-order chi connectivity index (χ0) is 27.7. The largest absolute Gasteiger partial charge is 0.480 e. The molecule has 0 amide bonds. The lowest BCUT2D eigenvalue weighted by Crippen LogP contribution is -2.62. The quantitative estimate of drug-likeness (QED) is 0.229. The Morgan fingerprint density at radius 3 is 1.29 bits per heavy atom. The third-order valence-corrected chi connectivity index (χ3v) is 5.87. The number of aliphatic carboxylic acids is 2. The number of carbonyl (C=O) groups is 6. The number of ether oxygens (including phenoxy) is 2. The second kappa shape index (κ2) is 13.2. The smallest absolute Gasteiger partial charge is 0.345 e. The van der Waals surface area contributed by atoms with Gasteiger partial charge >= 0.3 is 35.8 Å². The van der Waals surface area contributed by atoms with Crippen molar-refractivity contribution >= 4 is 35.8 Å². The predicted molar refractivity (Wildman–Crippen MR) is 129 cm³/mol. The lowest BCUT2D eigenvalue weighted by atomic mass is 9.84. The summed E-state index contributed by atoms with van der Waals surface area (Å²) in [5, 5.41) is 24.6. The van der Waals surface area contributed by atoms with Gasteiger partial charge in [0, 0.05) is 12.1 Å².